The highest BCUT2D eigenvalue weighted by atomic mass is 19.3. The SMILES string of the molecule is O=[N+]([O-])c1cccc(-c2nc(C(O)(O)c3cn[nH]c3)ccc2OC(F)F)c1. The zero-order chi connectivity index (χ0) is 19.6. The van der Waals surface area contributed by atoms with Crippen molar-refractivity contribution in [3.8, 4) is 17.0 Å². The summed E-state index contributed by atoms with van der Waals surface area (Å²) in [4.78, 5) is 14.3. The third-order valence-corrected chi connectivity index (χ3v) is 3.66. The Morgan fingerprint density at radius 1 is 1.26 bits per heavy atom. The quantitative estimate of drug-likeness (QED) is 0.340. The number of aromatic nitrogens is 3. The number of aromatic amines is 1. The van der Waals surface area contributed by atoms with Crippen LogP contribution in [0.3, 0.4) is 0 Å². The van der Waals surface area contributed by atoms with Crippen molar-refractivity contribution in [2.75, 3.05) is 0 Å². The number of rotatable bonds is 6. The maximum absolute atomic E-state index is 12.7. The van der Waals surface area contributed by atoms with E-state index in [0.29, 0.717) is 0 Å². The number of alkyl halides is 2. The van der Waals surface area contributed by atoms with Crippen molar-refractivity contribution >= 4 is 5.69 Å². The molecule has 3 N–H and O–H groups in total. The molecule has 0 bridgehead atoms. The number of hydrogen-bond donors (Lipinski definition) is 3. The number of halogens is 2. The molecule has 0 unspecified atom stereocenters. The molecule has 0 spiro atoms. The van der Waals surface area contributed by atoms with Crippen molar-refractivity contribution in [2.24, 2.45) is 0 Å². The Balaban J connectivity index is 2.15. The number of benzene rings is 1. The van der Waals surface area contributed by atoms with E-state index < -0.39 is 17.3 Å². The number of pyridine rings is 1. The van der Waals surface area contributed by atoms with Gasteiger partial charge in [-0.2, -0.15) is 13.9 Å². The van der Waals surface area contributed by atoms with Crippen LogP contribution in [0.25, 0.3) is 11.3 Å². The van der Waals surface area contributed by atoms with Gasteiger partial charge in [0.2, 0.25) is 5.79 Å². The van der Waals surface area contributed by atoms with Crippen LogP contribution in [0.5, 0.6) is 5.75 Å². The van der Waals surface area contributed by atoms with E-state index in [9.17, 15) is 29.1 Å². The van der Waals surface area contributed by atoms with E-state index >= 15 is 0 Å². The maximum atomic E-state index is 12.7. The van der Waals surface area contributed by atoms with Gasteiger partial charge in [0.25, 0.3) is 5.69 Å². The van der Waals surface area contributed by atoms with Crippen LogP contribution in [-0.2, 0) is 5.79 Å². The van der Waals surface area contributed by atoms with E-state index in [2.05, 4.69) is 19.9 Å². The fraction of sp³-hybridized carbons (Fsp3) is 0.125. The number of H-pyrrole nitrogens is 1. The molecule has 9 nitrogen and oxygen atoms in total. The molecule has 2 heterocycles. The van der Waals surface area contributed by atoms with Gasteiger partial charge >= 0.3 is 6.61 Å². The lowest BCUT2D eigenvalue weighted by Crippen LogP contribution is -2.27. The summed E-state index contributed by atoms with van der Waals surface area (Å²) >= 11 is 0. The number of hydrogen-bond acceptors (Lipinski definition) is 7. The van der Waals surface area contributed by atoms with Gasteiger partial charge in [0.1, 0.15) is 11.4 Å². The van der Waals surface area contributed by atoms with Crippen molar-refractivity contribution < 1.29 is 28.7 Å². The van der Waals surface area contributed by atoms with E-state index in [1.807, 2.05) is 0 Å². The summed E-state index contributed by atoms with van der Waals surface area (Å²) < 4.78 is 29.8. The smallest absolute Gasteiger partial charge is 0.387 e. The van der Waals surface area contributed by atoms with Gasteiger partial charge in [0.15, 0.2) is 5.75 Å². The Hall–Kier alpha value is -3.44. The molecule has 140 valence electrons. The van der Waals surface area contributed by atoms with Gasteiger partial charge in [-0.05, 0) is 12.1 Å². The predicted octanol–water partition coefficient (Wildman–Crippen LogP) is 2.17. The minimum Gasteiger partial charge on any atom is -0.432 e. The van der Waals surface area contributed by atoms with Gasteiger partial charge in [-0.1, -0.05) is 12.1 Å². The predicted molar refractivity (Wildman–Crippen MR) is 86.8 cm³/mol. The molecule has 0 amide bonds. The Kier molecular flexibility index (Phi) is 4.79. The highest BCUT2D eigenvalue weighted by molar-refractivity contribution is 5.69. The molecule has 0 aliphatic heterocycles. The first-order valence-corrected chi connectivity index (χ1v) is 7.44. The summed E-state index contributed by atoms with van der Waals surface area (Å²) in [5.41, 5.74) is -0.775. The highest BCUT2D eigenvalue weighted by Gasteiger charge is 2.32. The molecule has 27 heavy (non-hydrogen) atoms. The lowest BCUT2D eigenvalue weighted by Gasteiger charge is -2.21. The summed E-state index contributed by atoms with van der Waals surface area (Å²) in [5, 5.41) is 37.7. The van der Waals surface area contributed by atoms with Gasteiger partial charge in [-0.3, -0.25) is 15.2 Å². The number of nitro benzene ring substituents is 1. The van der Waals surface area contributed by atoms with Crippen molar-refractivity contribution in [3.63, 3.8) is 0 Å². The number of non-ortho nitro benzene ring substituents is 1. The summed E-state index contributed by atoms with van der Waals surface area (Å²) in [5.74, 6) is -2.96. The fourth-order valence-corrected chi connectivity index (χ4v) is 2.39. The van der Waals surface area contributed by atoms with Crippen LogP contribution < -0.4 is 4.74 Å². The van der Waals surface area contributed by atoms with E-state index in [4.69, 9.17) is 0 Å². The minimum atomic E-state index is -3.17. The van der Waals surface area contributed by atoms with E-state index in [1.54, 1.807) is 0 Å². The minimum absolute atomic E-state index is 0.0393. The highest BCUT2D eigenvalue weighted by Crippen LogP contribution is 2.34. The summed E-state index contributed by atoms with van der Waals surface area (Å²) in [6.07, 6.45) is 2.37. The number of nitro groups is 1. The summed E-state index contributed by atoms with van der Waals surface area (Å²) in [7, 11) is 0. The molecule has 2 aromatic heterocycles. The molecule has 0 aliphatic rings. The monoisotopic (exact) mass is 378 g/mol. The Labute approximate surface area is 150 Å². The molecule has 0 fully saturated rings. The van der Waals surface area contributed by atoms with Crippen LogP contribution in [0.4, 0.5) is 14.5 Å². The second-order valence-corrected chi connectivity index (χ2v) is 5.39. The van der Waals surface area contributed by atoms with Gasteiger partial charge in [-0.15, -0.1) is 0 Å². The topological polar surface area (TPSA) is 134 Å². The molecule has 0 radical (unpaired) electrons. The maximum Gasteiger partial charge on any atom is 0.387 e. The van der Waals surface area contributed by atoms with Gasteiger partial charge in [0.05, 0.1) is 16.7 Å². The zero-order valence-electron chi connectivity index (χ0n) is 13.4. The first-order valence-electron chi connectivity index (χ1n) is 7.44. The molecule has 11 heteroatoms. The molecular weight excluding hydrogens is 366 g/mol. The van der Waals surface area contributed by atoms with Crippen LogP contribution in [-0.4, -0.2) is 36.9 Å². The van der Waals surface area contributed by atoms with Crippen LogP contribution in [0.2, 0.25) is 0 Å². The van der Waals surface area contributed by atoms with Gasteiger partial charge < -0.3 is 14.9 Å². The van der Waals surface area contributed by atoms with Crippen LogP contribution >= 0.6 is 0 Å². The molecule has 1 aromatic carbocycles. The fourth-order valence-electron chi connectivity index (χ4n) is 2.39. The van der Waals surface area contributed by atoms with E-state index in [0.717, 1.165) is 24.4 Å². The third kappa shape index (κ3) is 3.73. The largest absolute Gasteiger partial charge is 0.432 e. The van der Waals surface area contributed by atoms with Crippen molar-refractivity contribution in [3.05, 3.63) is 70.2 Å². The Morgan fingerprint density at radius 2 is 2.04 bits per heavy atom. The average molecular weight is 378 g/mol. The van der Waals surface area contributed by atoms with Gasteiger partial charge in [-0.25, -0.2) is 4.98 Å². The molecule has 0 aliphatic carbocycles. The van der Waals surface area contributed by atoms with Crippen LogP contribution in [0.15, 0.2) is 48.8 Å². The zero-order valence-corrected chi connectivity index (χ0v) is 13.4. The number of nitrogens with zero attached hydrogens (tertiary/aromatic N) is 3. The third-order valence-electron chi connectivity index (χ3n) is 3.66. The van der Waals surface area contributed by atoms with Gasteiger partial charge in [0, 0.05) is 23.9 Å². The molecule has 3 aromatic rings. The van der Waals surface area contributed by atoms with E-state index in [-0.39, 0.29) is 34.0 Å². The standard InChI is InChI=1S/C16H12F2N4O5/c17-15(18)27-12-4-5-13(16(23,24)10-7-19-20-8-10)21-14(12)9-2-1-3-11(6-9)22(25)26/h1-8,15,23-24H,(H,19,20). The lowest BCUT2D eigenvalue weighted by atomic mass is 10.0. The molecule has 0 atom stereocenters. The first-order chi connectivity index (χ1) is 12.8. The van der Waals surface area contributed by atoms with Crippen molar-refractivity contribution in [1.29, 1.82) is 0 Å². The molecule has 0 saturated heterocycles. The summed E-state index contributed by atoms with van der Waals surface area (Å²) in [6.45, 7) is -3.17. The normalized spacial score (nSPS) is 11.6. The molecular formula is C16H12F2N4O5. The molecule has 3 rings (SSSR count). The Morgan fingerprint density at radius 3 is 2.67 bits per heavy atom. The molecule has 0 saturated carbocycles. The number of nitrogens with one attached hydrogen (secondary N) is 1. The summed E-state index contributed by atoms with van der Waals surface area (Å²) in [6, 6.07) is 7.23. The average Bonchev–Trinajstić information content (AvgIpc) is 3.17. The van der Waals surface area contributed by atoms with Crippen LogP contribution in [0.1, 0.15) is 11.3 Å². The second-order valence-electron chi connectivity index (χ2n) is 5.39. The van der Waals surface area contributed by atoms with Crippen LogP contribution in [0, 0.1) is 10.1 Å². The van der Waals surface area contributed by atoms with Crippen molar-refractivity contribution in [1.82, 2.24) is 15.2 Å². The lowest BCUT2D eigenvalue weighted by molar-refractivity contribution is -0.384. The first kappa shape index (κ1) is 18.4. The number of ether oxygens (including phenoxy) is 1. The van der Waals surface area contributed by atoms with Crippen molar-refractivity contribution in [2.45, 2.75) is 12.4 Å². The van der Waals surface area contributed by atoms with E-state index in [1.165, 1.54) is 24.4 Å². The Bertz CT molecular complexity index is 963. The second kappa shape index (κ2) is 7.05. The number of aliphatic hydroxyl groups is 2.